The van der Waals surface area contributed by atoms with Gasteiger partial charge >= 0.3 is 12.1 Å². The summed E-state index contributed by atoms with van der Waals surface area (Å²) in [7, 11) is 0. The molecule has 182 valence electrons. The predicted octanol–water partition coefficient (Wildman–Crippen LogP) is 5.20. The fourth-order valence-electron chi connectivity index (χ4n) is 4.40. The van der Waals surface area contributed by atoms with Crippen molar-refractivity contribution in [1.29, 1.82) is 0 Å². The summed E-state index contributed by atoms with van der Waals surface area (Å²) in [6.45, 7) is 7.38. The normalized spacial score (nSPS) is 17.7. The molecule has 34 heavy (non-hydrogen) atoms. The summed E-state index contributed by atoms with van der Waals surface area (Å²) in [6.07, 6.45) is -0.820. The average molecular weight is 475 g/mol. The van der Waals surface area contributed by atoms with Crippen LogP contribution in [-0.2, 0) is 15.7 Å². The predicted molar refractivity (Wildman–Crippen MR) is 124 cm³/mol. The second kappa shape index (κ2) is 10.6. The fourth-order valence-corrected chi connectivity index (χ4v) is 4.40. The first-order valence-electron chi connectivity index (χ1n) is 11.6. The first kappa shape index (κ1) is 24.3. The topological polar surface area (TPSA) is 42.0 Å². The molecule has 2 aliphatic rings. The van der Waals surface area contributed by atoms with Crippen molar-refractivity contribution in [1.82, 2.24) is 9.80 Å². The molecule has 2 aromatic rings. The number of hydrogen-bond acceptors (Lipinski definition) is 5. The van der Waals surface area contributed by atoms with Crippen LogP contribution >= 0.6 is 0 Å². The summed E-state index contributed by atoms with van der Waals surface area (Å²) in [6, 6.07) is 11.1. The maximum absolute atomic E-state index is 13.3. The Kier molecular flexibility index (Phi) is 7.58. The van der Waals surface area contributed by atoms with Crippen LogP contribution in [0.15, 0.2) is 48.5 Å². The Balaban J connectivity index is 1.39. The number of carbonyl (C=O) groups is 1. The minimum absolute atomic E-state index is 0.247. The lowest BCUT2D eigenvalue weighted by Crippen LogP contribution is -2.46. The molecule has 4 rings (SSSR count). The molecule has 0 radical (unpaired) electrons. The Bertz CT molecular complexity index is 1040. The number of para-hydroxylation sites is 1. The quantitative estimate of drug-likeness (QED) is 0.348. The summed E-state index contributed by atoms with van der Waals surface area (Å²) >= 11 is 0. The van der Waals surface area contributed by atoms with E-state index in [1.54, 1.807) is 0 Å². The van der Waals surface area contributed by atoms with E-state index in [0.29, 0.717) is 23.7 Å². The fraction of sp³-hybridized carbons (Fsp3) is 0.423. The van der Waals surface area contributed by atoms with Crippen LogP contribution in [0.1, 0.15) is 36.5 Å². The molecular weight excluding hydrogens is 445 g/mol. The molecule has 0 spiro atoms. The Labute approximate surface area is 197 Å². The number of esters is 1. The van der Waals surface area contributed by atoms with E-state index in [-0.39, 0.29) is 5.97 Å². The van der Waals surface area contributed by atoms with Gasteiger partial charge in [0.2, 0.25) is 0 Å². The van der Waals surface area contributed by atoms with Crippen LogP contribution in [0.5, 0.6) is 11.5 Å². The summed E-state index contributed by atoms with van der Waals surface area (Å²) < 4.78 is 50.9. The molecule has 0 bridgehead atoms. The van der Waals surface area contributed by atoms with Crippen LogP contribution in [0.4, 0.5) is 13.2 Å². The Hall–Kier alpha value is -2.84. The molecular formula is C26H29F3N2O3. The highest BCUT2D eigenvalue weighted by atomic mass is 19.4. The lowest BCUT2D eigenvalue weighted by atomic mass is 9.92. The summed E-state index contributed by atoms with van der Waals surface area (Å²) in [5, 5.41) is 0. The number of benzene rings is 2. The molecule has 1 saturated heterocycles. The molecule has 8 heteroatoms. The highest BCUT2D eigenvalue weighted by Crippen LogP contribution is 2.45. The van der Waals surface area contributed by atoms with Gasteiger partial charge < -0.3 is 19.3 Å². The van der Waals surface area contributed by atoms with E-state index in [1.807, 2.05) is 30.3 Å². The van der Waals surface area contributed by atoms with E-state index < -0.39 is 11.7 Å². The standard InChI is InChI=1S/C26H29F3N2O3/c1-19(32)33-17-5-12-31-15-13-30(14-16-31)11-4-7-21-22-6-2-3-8-24(22)34-25-10-9-20(18-23(21)25)26(27,28)29/h2-3,6-10,18H,4-5,11-17H2,1H3. The molecule has 2 aromatic carbocycles. The number of piperazine rings is 1. The van der Waals surface area contributed by atoms with E-state index in [4.69, 9.17) is 9.47 Å². The molecule has 0 N–H and O–H groups in total. The number of alkyl halides is 3. The van der Waals surface area contributed by atoms with Crippen molar-refractivity contribution in [3.63, 3.8) is 0 Å². The number of halogens is 3. The zero-order chi connectivity index (χ0) is 24.1. The number of carbonyl (C=O) groups excluding carboxylic acids is 1. The molecule has 5 nitrogen and oxygen atoms in total. The summed E-state index contributed by atoms with van der Waals surface area (Å²) in [5.41, 5.74) is 1.40. The van der Waals surface area contributed by atoms with Crippen molar-refractivity contribution in [3.05, 3.63) is 65.2 Å². The Morgan fingerprint density at radius 2 is 1.68 bits per heavy atom. The van der Waals surface area contributed by atoms with Gasteiger partial charge in [-0.15, -0.1) is 0 Å². The molecule has 0 unspecified atom stereocenters. The molecule has 0 atom stereocenters. The lowest BCUT2D eigenvalue weighted by molar-refractivity contribution is -0.141. The number of ether oxygens (including phenoxy) is 2. The number of rotatable bonds is 7. The molecule has 0 saturated carbocycles. The maximum Gasteiger partial charge on any atom is 0.416 e. The van der Waals surface area contributed by atoms with Crippen LogP contribution in [0.3, 0.4) is 0 Å². The third-order valence-electron chi connectivity index (χ3n) is 6.18. The van der Waals surface area contributed by atoms with Gasteiger partial charge in [0.15, 0.2) is 0 Å². The van der Waals surface area contributed by atoms with E-state index in [2.05, 4.69) is 9.80 Å². The summed E-state index contributed by atoms with van der Waals surface area (Å²) in [4.78, 5) is 15.6. The molecule has 2 aliphatic heterocycles. The minimum Gasteiger partial charge on any atom is -0.466 e. The van der Waals surface area contributed by atoms with Gasteiger partial charge in [-0.1, -0.05) is 24.3 Å². The second-order valence-corrected chi connectivity index (χ2v) is 8.59. The largest absolute Gasteiger partial charge is 0.466 e. The van der Waals surface area contributed by atoms with Crippen molar-refractivity contribution in [3.8, 4) is 11.5 Å². The van der Waals surface area contributed by atoms with Crippen molar-refractivity contribution in [2.75, 3.05) is 45.9 Å². The van der Waals surface area contributed by atoms with Crippen LogP contribution in [-0.4, -0.2) is 61.6 Å². The smallest absolute Gasteiger partial charge is 0.416 e. The van der Waals surface area contributed by atoms with Gasteiger partial charge in [-0.05, 0) is 42.7 Å². The van der Waals surface area contributed by atoms with Gasteiger partial charge in [-0.3, -0.25) is 4.79 Å². The lowest BCUT2D eigenvalue weighted by Gasteiger charge is -2.34. The third kappa shape index (κ3) is 5.98. The SMILES string of the molecule is CC(=O)OCCCN1CCN(CCC=C2c3ccccc3Oc3ccc(C(F)(F)F)cc32)CC1. The highest BCUT2D eigenvalue weighted by molar-refractivity contribution is 5.88. The van der Waals surface area contributed by atoms with Crippen LogP contribution in [0.2, 0.25) is 0 Å². The molecule has 2 heterocycles. The van der Waals surface area contributed by atoms with Gasteiger partial charge in [0.1, 0.15) is 11.5 Å². The zero-order valence-corrected chi connectivity index (χ0v) is 19.2. The Morgan fingerprint density at radius 3 is 2.38 bits per heavy atom. The summed E-state index contributed by atoms with van der Waals surface area (Å²) in [5.74, 6) is 0.854. The van der Waals surface area contributed by atoms with E-state index in [9.17, 15) is 18.0 Å². The highest BCUT2D eigenvalue weighted by Gasteiger charge is 2.33. The first-order chi connectivity index (χ1) is 16.3. The molecule has 1 fully saturated rings. The van der Waals surface area contributed by atoms with Gasteiger partial charge in [0, 0.05) is 57.3 Å². The van der Waals surface area contributed by atoms with Crippen molar-refractivity contribution >= 4 is 11.5 Å². The monoisotopic (exact) mass is 474 g/mol. The van der Waals surface area contributed by atoms with Crippen LogP contribution in [0, 0.1) is 0 Å². The van der Waals surface area contributed by atoms with Crippen molar-refractivity contribution in [2.24, 2.45) is 0 Å². The molecule has 0 aliphatic carbocycles. The average Bonchev–Trinajstić information content (AvgIpc) is 2.81. The minimum atomic E-state index is -4.41. The maximum atomic E-state index is 13.3. The van der Waals surface area contributed by atoms with Crippen LogP contribution in [0.25, 0.3) is 5.57 Å². The van der Waals surface area contributed by atoms with Gasteiger partial charge in [-0.2, -0.15) is 13.2 Å². The number of nitrogens with zero attached hydrogens (tertiary/aromatic N) is 2. The van der Waals surface area contributed by atoms with Gasteiger partial charge in [0.25, 0.3) is 0 Å². The van der Waals surface area contributed by atoms with Gasteiger partial charge in [-0.25, -0.2) is 0 Å². The van der Waals surface area contributed by atoms with Crippen molar-refractivity contribution < 1.29 is 27.4 Å². The van der Waals surface area contributed by atoms with E-state index in [1.165, 1.54) is 19.1 Å². The van der Waals surface area contributed by atoms with Crippen molar-refractivity contribution in [2.45, 2.75) is 25.9 Å². The number of hydrogen-bond donors (Lipinski definition) is 0. The first-order valence-corrected chi connectivity index (χ1v) is 11.6. The molecule has 0 amide bonds. The zero-order valence-electron chi connectivity index (χ0n) is 19.2. The van der Waals surface area contributed by atoms with E-state index >= 15 is 0 Å². The van der Waals surface area contributed by atoms with Crippen LogP contribution < -0.4 is 4.74 Å². The van der Waals surface area contributed by atoms with E-state index in [0.717, 1.165) is 69.3 Å². The Morgan fingerprint density at radius 1 is 1.00 bits per heavy atom. The third-order valence-corrected chi connectivity index (χ3v) is 6.18. The number of fused-ring (bicyclic) bond motifs is 2. The van der Waals surface area contributed by atoms with Gasteiger partial charge in [0.05, 0.1) is 12.2 Å². The molecule has 0 aromatic heterocycles. The second-order valence-electron chi connectivity index (χ2n) is 8.59.